The van der Waals surface area contributed by atoms with Crippen molar-refractivity contribution in [3.8, 4) is 0 Å². The second-order valence-electron chi connectivity index (χ2n) is 4.70. The Bertz CT molecular complexity index is 445. The van der Waals surface area contributed by atoms with E-state index < -0.39 is 4.92 Å². The van der Waals surface area contributed by atoms with E-state index in [-0.39, 0.29) is 16.8 Å². The second-order valence-corrected chi connectivity index (χ2v) is 5.11. The van der Waals surface area contributed by atoms with Gasteiger partial charge < -0.3 is 10.0 Å². The van der Waals surface area contributed by atoms with E-state index in [9.17, 15) is 15.2 Å². The van der Waals surface area contributed by atoms with Crippen LogP contribution in [0, 0.1) is 10.1 Å². The molecule has 0 bridgehead atoms. The van der Waals surface area contributed by atoms with E-state index >= 15 is 0 Å². The fraction of sp³-hybridized carbons (Fsp3) is 0.500. The maximum absolute atomic E-state index is 10.8. The van der Waals surface area contributed by atoms with E-state index in [1.165, 1.54) is 4.90 Å². The summed E-state index contributed by atoms with van der Waals surface area (Å²) in [6.45, 7) is 2.54. The Morgan fingerprint density at radius 1 is 1.44 bits per heavy atom. The standard InChI is InChI=1S/C12H15ClN2O3/c13-11-2-1-9(7-12(11)15(17)18)8-14-5-3-10(16)4-6-14/h1-2,7,10,16H,3-6,8H2/p+1. The summed E-state index contributed by atoms with van der Waals surface area (Å²) in [6, 6.07) is 4.95. The van der Waals surface area contributed by atoms with Crippen LogP contribution in [0.2, 0.25) is 5.02 Å². The Morgan fingerprint density at radius 2 is 2.11 bits per heavy atom. The van der Waals surface area contributed by atoms with Gasteiger partial charge in [-0.2, -0.15) is 0 Å². The van der Waals surface area contributed by atoms with E-state index in [0.29, 0.717) is 0 Å². The summed E-state index contributed by atoms with van der Waals surface area (Å²) in [4.78, 5) is 11.7. The monoisotopic (exact) mass is 271 g/mol. The number of rotatable bonds is 3. The number of aliphatic hydroxyl groups is 1. The first-order chi connectivity index (χ1) is 8.56. The fourth-order valence-electron chi connectivity index (χ4n) is 2.28. The Hall–Kier alpha value is -1.17. The third-order valence-corrected chi connectivity index (χ3v) is 3.64. The largest absolute Gasteiger partial charge is 0.393 e. The van der Waals surface area contributed by atoms with Gasteiger partial charge in [-0.25, -0.2) is 0 Å². The van der Waals surface area contributed by atoms with E-state index in [4.69, 9.17) is 11.6 Å². The molecule has 1 aromatic rings. The van der Waals surface area contributed by atoms with Crippen LogP contribution in [-0.4, -0.2) is 29.2 Å². The summed E-state index contributed by atoms with van der Waals surface area (Å²) in [5, 5.41) is 20.4. The highest BCUT2D eigenvalue weighted by Gasteiger charge is 2.21. The van der Waals surface area contributed by atoms with Gasteiger partial charge in [0.1, 0.15) is 11.6 Å². The van der Waals surface area contributed by atoms with Gasteiger partial charge in [-0.1, -0.05) is 17.7 Å². The molecule has 1 fully saturated rings. The Labute approximate surface area is 110 Å². The van der Waals surface area contributed by atoms with Crippen molar-refractivity contribution < 1.29 is 14.9 Å². The van der Waals surface area contributed by atoms with Gasteiger partial charge in [0.2, 0.25) is 0 Å². The molecule has 2 N–H and O–H groups in total. The number of nitrogens with zero attached hydrogens (tertiary/aromatic N) is 1. The lowest BCUT2D eigenvalue weighted by Crippen LogP contribution is -3.12. The van der Waals surface area contributed by atoms with Gasteiger partial charge in [0.15, 0.2) is 0 Å². The molecule has 5 nitrogen and oxygen atoms in total. The number of nitro groups is 1. The van der Waals surface area contributed by atoms with Gasteiger partial charge >= 0.3 is 0 Å². The van der Waals surface area contributed by atoms with Crippen LogP contribution in [0.4, 0.5) is 5.69 Å². The molecule has 0 amide bonds. The molecule has 1 saturated heterocycles. The van der Waals surface area contributed by atoms with Crippen molar-refractivity contribution in [1.29, 1.82) is 0 Å². The minimum absolute atomic E-state index is 0.0365. The molecule has 0 aliphatic carbocycles. The van der Waals surface area contributed by atoms with Gasteiger partial charge in [-0.15, -0.1) is 0 Å². The molecule has 1 heterocycles. The van der Waals surface area contributed by atoms with Crippen molar-refractivity contribution in [3.05, 3.63) is 38.9 Å². The van der Waals surface area contributed by atoms with Crippen LogP contribution in [0.5, 0.6) is 0 Å². The van der Waals surface area contributed by atoms with Crippen molar-refractivity contribution in [2.24, 2.45) is 0 Å². The third-order valence-electron chi connectivity index (χ3n) is 3.32. The summed E-state index contributed by atoms with van der Waals surface area (Å²) < 4.78 is 0. The maximum atomic E-state index is 10.8. The minimum Gasteiger partial charge on any atom is -0.393 e. The number of nitro benzene ring substituents is 1. The molecule has 0 spiro atoms. The summed E-state index contributed by atoms with van der Waals surface area (Å²) >= 11 is 5.77. The molecule has 0 unspecified atom stereocenters. The van der Waals surface area contributed by atoms with E-state index in [1.54, 1.807) is 12.1 Å². The summed E-state index contributed by atoms with van der Waals surface area (Å²) in [6.07, 6.45) is 1.41. The van der Waals surface area contributed by atoms with Crippen LogP contribution in [0.25, 0.3) is 0 Å². The predicted octanol–water partition coefficient (Wildman–Crippen LogP) is 0.788. The molecule has 0 saturated carbocycles. The molecule has 98 valence electrons. The number of halogens is 1. The average molecular weight is 272 g/mol. The van der Waals surface area contributed by atoms with Crippen LogP contribution in [0.15, 0.2) is 18.2 Å². The first-order valence-electron chi connectivity index (χ1n) is 6.00. The Balaban J connectivity index is 2.05. The van der Waals surface area contributed by atoms with Crippen molar-refractivity contribution in [2.45, 2.75) is 25.5 Å². The molecule has 0 atom stereocenters. The Morgan fingerprint density at radius 3 is 2.72 bits per heavy atom. The lowest BCUT2D eigenvalue weighted by molar-refractivity contribution is -0.919. The molecule has 1 aliphatic rings. The molecule has 18 heavy (non-hydrogen) atoms. The van der Waals surface area contributed by atoms with Crippen LogP contribution < -0.4 is 4.90 Å². The number of likely N-dealkylation sites (tertiary alicyclic amines) is 1. The van der Waals surface area contributed by atoms with Gasteiger partial charge in [0.25, 0.3) is 5.69 Å². The van der Waals surface area contributed by atoms with Crippen LogP contribution in [-0.2, 0) is 6.54 Å². The normalized spacial score (nSPS) is 23.9. The number of piperidine rings is 1. The van der Waals surface area contributed by atoms with Crippen LogP contribution in [0.1, 0.15) is 18.4 Å². The van der Waals surface area contributed by atoms with Crippen LogP contribution in [0.3, 0.4) is 0 Å². The summed E-state index contributed by atoms with van der Waals surface area (Å²) in [5.41, 5.74) is 0.878. The maximum Gasteiger partial charge on any atom is 0.288 e. The minimum atomic E-state index is -0.457. The molecular weight excluding hydrogens is 256 g/mol. The number of hydrogen-bond acceptors (Lipinski definition) is 3. The fourth-order valence-corrected chi connectivity index (χ4v) is 2.47. The van der Waals surface area contributed by atoms with E-state index in [2.05, 4.69) is 0 Å². The van der Waals surface area contributed by atoms with Crippen LogP contribution >= 0.6 is 11.6 Å². The van der Waals surface area contributed by atoms with E-state index in [1.807, 2.05) is 6.07 Å². The average Bonchev–Trinajstić information content (AvgIpc) is 2.34. The lowest BCUT2D eigenvalue weighted by atomic mass is 10.1. The van der Waals surface area contributed by atoms with Crippen molar-refractivity contribution in [2.75, 3.05) is 13.1 Å². The first kappa shape index (κ1) is 13.3. The number of quaternary nitrogens is 1. The highest BCUT2D eigenvalue weighted by molar-refractivity contribution is 6.32. The van der Waals surface area contributed by atoms with Gasteiger partial charge in [0, 0.05) is 24.5 Å². The van der Waals surface area contributed by atoms with Gasteiger partial charge in [0.05, 0.1) is 24.1 Å². The van der Waals surface area contributed by atoms with Gasteiger partial charge in [-0.3, -0.25) is 10.1 Å². The van der Waals surface area contributed by atoms with Crippen molar-refractivity contribution in [3.63, 3.8) is 0 Å². The Kier molecular flexibility index (Phi) is 4.16. The zero-order valence-corrected chi connectivity index (χ0v) is 10.7. The SMILES string of the molecule is O=[N+]([O-])c1cc(C[NH+]2CCC(O)CC2)ccc1Cl. The van der Waals surface area contributed by atoms with Crippen molar-refractivity contribution >= 4 is 17.3 Å². The number of benzene rings is 1. The molecule has 1 aromatic carbocycles. The van der Waals surface area contributed by atoms with E-state index in [0.717, 1.165) is 38.0 Å². The topological polar surface area (TPSA) is 67.8 Å². The molecule has 6 heteroatoms. The molecule has 0 radical (unpaired) electrons. The molecule has 1 aliphatic heterocycles. The van der Waals surface area contributed by atoms with Crippen molar-refractivity contribution in [1.82, 2.24) is 0 Å². The van der Waals surface area contributed by atoms with Gasteiger partial charge in [-0.05, 0) is 6.07 Å². The summed E-state index contributed by atoms with van der Waals surface area (Å²) in [5.74, 6) is 0. The summed E-state index contributed by atoms with van der Waals surface area (Å²) in [7, 11) is 0. The predicted molar refractivity (Wildman–Crippen MR) is 67.7 cm³/mol. The highest BCUT2D eigenvalue weighted by atomic mass is 35.5. The zero-order valence-electron chi connectivity index (χ0n) is 9.93. The molecule has 2 rings (SSSR count). The third kappa shape index (κ3) is 3.19. The zero-order chi connectivity index (χ0) is 13.1. The first-order valence-corrected chi connectivity index (χ1v) is 6.38. The molecular formula is C12H16ClN2O3+. The number of hydrogen-bond donors (Lipinski definition) is 2. The second kappa shape index (κ2) is 5.65. The number of nitrogens with one attached hydrogen (secondary N) is 1. The quantitative estimate of drug-likeness (QED) is 0.631. The molecule has 0 aromatic heterocycles. The highest BCUT2D eigenvalue weighted by Crippen LogP contribution is 2.24. The number of aliphatic hydroxyl groups excluding tert-OH is 1. The lowest BCUT2D eigenvalue weighted by Gasteiger charge is -2.26. The smallest absolute Gasteiger partial charge is 0.288 e.